The summed E-state index contributed by atoms with van der Waals surface area (Å²) in [5.74, 6) is 1.49. The molecule has 4 nitrogen and oxygen atoms in total. The minimum absolute atomic E-state index is 0. The quantitative estimate of drug-likeness (QED) is 0.898. The molecule has 1 N–H and O–H groups in total. The Bertz CT molecular complexity index is 354. The molecule has 1 aromatic carbocycles. The van der Waals surface area contributed by atoms with E-state index >= 15 is 0 Å². The van der Waals surface area contributed by atoms with Gasteiger partial charge in [0, 0.05) is 13.1 Å². The van der Waals surface area contributed by atoms with Crippen LogP contribution in [0.4, 0.5) is 0 Å². The molecule has 0 spiro atoms. The molecule has 96 valence electrons. The molecule has 1 unspecified atom stereocenters. The van der Waals surface area contributed by atoms with Crippen molar-refractivity contribution in [2.45, 2.75) is 6.10 Å². The lowest BCUT2D eigenvalue weighted by atomic mass is 10.1. The SMILES string of the molecule is COc1ccc(C2CNCCO2)cc1OC.Cl. The predicted octanol–water partition coefficient (Wildman–Crippen LogP) is 1.79. The van der Waals surface area contributed by atoms with E-state index in [0.29, 0.717) is 0 Å². The second kappa shape index (κ2) is 6.69. The molecule has 1 atom stereocenters. The summed E-state index contributed by atoms with van der Waals surface area (Å²) in [7, 11) is 3.28. The van der Waals surface area contributed by atoms with E-state index in [0.717, 1.165) is 36.8 Å². The zero-order valence-corrected chi connectivity index (χ0v) is 10.9. The van der Waals surface area contributed by atoms with Crippen molar-refractivity contribution >= 4 is 12.4 Å². The van der Waals surface area contributed by atoms with Crippen LogP contribution in [-0.2, 0) is 4.74 Å². The van der Waals surface area contributed by atoms with Crippen molar-refractivity contribution in [3.8, 4) is 11.5 Å². The van der Waals surface area contributed by atoms with Gasteiger partial charge in [0.15, 0.2) is 11.5 Å². The average molecular weight is 260 g/mol. The summed E-state index contributed by atoms with van der Waals surface area (Å²) in [5.41, 5.74) is 1.12. The number of methoxy groups -OCH3 is 2. The molecule has 0 aromatic heterocycles. The molecule has 1 saturated heterocycles. The largest absolute Gasteiger partial charge is 0.493 e. The molecule has 17 heavy (non-hydrogen) atoms. The van der Waals surface area contributed by atoms with E-state index in [2.05, 4.69) is 5.32 Å². The van der Waals surface area contributed by atoms with Crippen LogP contribution in [-0.4, -0.2) is 33.9 Å². The van der Waals surface area contributed by atoms with Crippen molar-refractivity contribution in [1.29, 1.82) is 0 Å². The summed E-state index contributed by atoms with van der Waals surface area (Å²) in [4.78, 5) is 0. The van der Waals surface area contributed by atoms with Gasteiger partial charge in [0.1, 0.15) is 0 Å². The first kappa shape index (κ1) is 14.1. The third-order valence-electron chi connectivity index (χ3n) is 2.71. The monoisotopic (exact) mass is 259 g/mol. The zero-order chi connectivity index (χ0) is 11.4. The summed E-state index contributed by atoms with van der Waals surface area (Å²) < 4.78 is 16.1. The number of benzene rings is 1. The number of hydrogen-bond acceptors (Lipinski definition) is 4. The van der Waals surface area contributed by atoms with Crippen LogP contribution in [0, 0.1) is 0 Å². The second-order valence-corrected chi connectivity index (χ2v) is 3.68. The molecule has 0 saturated carbocycles. The van der Waals surface area contributed by atoms with E-state index < -0.39 is 0 Å². The fourth-order valence-electron chi connectivity index (χ4n) is 1.83. The number of ether oxygens (including phenoxy) is 3. The van der Waals surface area contributed by atoms with E-state index in [4.69, 9.17) is 14.2 Å². The lowest BCUT2D eigenvalue weighted by Crippen LogP contribution is -2.33. The number of nitrogens with one attached hydrogen (secondary N) is 1. The molecule has 1 aromatic rings. The van der Waals surface area contributed by atoms with Crippen LogP contribution in [0.25, 0.3) is 0 Å². The Morgan fingerprint density at radius 3 is 2.59 bits per heavy atom. The summed E-state index contributed by atoms with van der Waals surface area (Å²) >= 11 is 0. The van der Waals surface area contributed by atoms with Gasteiger partial charge in [-0.2, -0.15) is 0 Å². The van der Waals surface area contributed by atoms with Gasteiger partial charge in [-0.15, -0.1) is 12.4 Å². The van der Waals surface area contributed by atoms with Crippen LogP contribution in [0.3, 0.4) is 0 Å². The Morgan fingerprint density at radius 1 is 1.24 bits per heavy atom. The van der Waals surface area contributed by atoms with Gasteiger partial charge in [0.2, 0.25) is 0 Å². The summed E-state index contributed by atoms with van der Waals surface area (Å²) in [6.07, 6.45) is 0.105. The lowest BCUT2D eigenvalue weighted by molar-refractivity contribution is 0.0275. The van der Waals surface area contributed by atoms with Gasteiger partial charge in [0.05, 0.1) is 26.9 Å². The molecule has 0 amide bonds. The zero-order valence-electron chi connectivity index (χ0n) is 10.1. The minimum Gasteiger partial charge on any atom is -0.493 e. The fourth-order valence-corrected chi connectivity index (χ4v) is 1.83. The van der Waals surface area contributed by atoms with Crippen LogP contribution in [0.1, 0.15) is 11.7 Å². The van der Waals surface area contributed by atoms with Gasteiger partial charge < -0.3 is 19.5 Å². The summed E-state index contributed by atoms with van der Waals surface area (Å²) in [5, 5.41) is 3.30. The molecule has 2 rings (SSSR count). The Morgan fingerprint density at radius 2 is 2.00 bits per heavy atom. The maximum Gasteiger partial charge on any atom is 0.161 e. The molecule has 0 aliphatic carbocycles. The first-order valence-electron chi connectivity index (χ1n) is 5.39. The standard InChI is InChI=1S/C12H17NO3.ClH/c1-14-10-4-3-9(7-11(10)15-2)12-8-13-5-6-16-12;/h3-4,7,12-13H,5-6,8H2,1-2H3;1H. The Kier molecular flexibility index (Phi) is 5.55. The van der Waals surface area contributed by atoms with Gasteiger partial charge in [-0.25, -0.2) is 0 Å². The lowest BCUT2D eigenvalue weighted by Gasteiger charge is -2.24. The van der Waals surface area contributed by atoms with E-state index in [1.54, 1.807) is 14.2 Å². The first-order valence-corrected chi connectivity index (χ1v) is 5.39. The smallest absolute Gasteiger partial charge is 0.161 e. The third-order valence-corrected chi connectivity index (χ3v) is 2.71. The Hall–Kier alpha value is -0.970. The van der Waals surface area contributed by atoms with Crippen LogP contribution in [0.5, 0.6) is 11.5 Å². The van der Waals surface area contributed by atoms with Crippen molar-refractivity contribution in [2.24, 2.45) is 0 Å². The number of morpholine rings is 1. The van der Waals surface area contributed by atoms with Crippen molar-refractivity contribution < 1.29 is 14.2 Å². The molecule has 1 heterocycles. The van der Waals surface area contributed by atoms with Crippen LogP contribution >= 0.6 is 12.4 Å². The van der Waals surface area contributed by atoms with Crippen LogP contribution < -0.4 is 14.8 Å². The average Bonchev–Trinajstić information content (AvgIpc) is 2.39. The van der Waals surface area contributed by atoms with E-state index in [1.807, 2.05) is 18.2 Å². The molecular formula is C12H18ClNO3. The maximum absolute atomic E-state index is 5.68. The summed E-state index contributed by atoms with van der Waals surface area (Å²) in [6, 6.07) is 5.89. The van der Waals surface area contributed by atoms with E-state index in [1.165, 1.54) is 0 Å². The van der Waals surface area contributed by atoms with Crippen LogP contribution in [0.2, 0.25) is 0 Å². The van der Waals surface area contributed by atoms with Crippen molar-refractivity contribution in [1.82, 2.24) is 5.32 Å². The van der Waals surface area contributed by atoms with Crippen LogP contribution in [0.15, 0.2) is 18.2 Å². The Labute approximate surface area is 108 Å². The molecule has 5 heteroatoms. The number of rotatable bonds is 3. The van der Waals surface area contributed by atoms with Gasteiger partial charge in [0.25, 0.3) is 0 Å². The number of hydrogen-bond donors (Lipinski definition) is 1. The van der Waals surface area contributed by atoms with Gasteiger partial charge in [-0.1, -0.05) is 6.07 Å². The number of halogens is 1. The maximum atomic E-state index is 5.68. The third kappa shape index (κ3) is 3.25. The highest BCUT2D eigenvalue weighted by atomic mass is 35.5. The van der Waals surface area contributed by atoms with Crippen molar-refractivity contribution in [3.63, 3.8) is 0 Å². The van der Waals surface area contributed by atoms with Crippen molar-refractivity contribution in [3.05, 3.63) is 23.8 Å². The summed E-state index contributed by atoms with van der Waals surface area (Å²) in [6.45, 7) is 2.51. The topological polar surface area (TPSA) is 39.7 Å². The second-order valence-electron chi connectivity index (χ2n) is 3.68. The molecule has 1 aliphatic rings. The predicted molar refractivity (Wildman–Crippen MR) is 68.4 cm³/mol. The normalized spacial score (nSPS) is 19.3. The Balaban J connectivity index is 0.00000144. The van der Waals surface area contributed by atoms with Gasteiger partial charge in [-0.05, 0) is 17.7 Å². The molecule has 1 fully saturated rings. The minimum atomic E-state index is 0. The first-order chi connectivity index (χ1) is 7.85. The van der Waals surface area contributed by atoms with Crippen molar-refractivity contribution in [2.75, 3.05) is 33.9 Å². The highest BCUT2D eigenvalue weighted by Crippen LogP contribution is 2.31. The van der Waals surface area contributed by atoms with E-state index in [-0.39, 0.29) is 18.5 Å². The van der Waals surface area contributed by atoms with E-state index in [9.17, 15) is 0 Å². The fraction of sp³-hybridized carbons (Fsp3) is 0.500. The van der Waals surface area contributed by atoms with Gasteiger partial charge >= 0.3 is 0 Å². The molecule has 1 aliphatic heterocycles. The highest BCUT2D eigenvalue weighted by molar-refractivity contribution is 5.85. The molecular weight excluding hydrogens is 242 g/mol. The molecule has 0 radical (unpaired) electrons. The highest BCUT2D eigenvalue weighted by Gasteiger charge is 2.17. The molecule has 0 bridgehead atoms. The van der Waals surface area contributed by atoms with Gasteiger partial charge in [-0.3, -0.25) is 0 Å².